The van der Waals surface area contributed by atoms with Crippen LogP contribution in [0.1, 0.15) is 54.2 Å². The van der Waals surface area contributed by atoms with Gasteiger partial charge >= 0.3 is 0 Å². The molecule has 1 saturated heterocycles. The minimum atomic E-state index is -0.145. The van der Waals surface area contributed by atoms with E-state index >= 15 is 0 Å². The van der Waals surface area contributed by atoms with Crippen molar-refractivity contribution in [2.45, 2.75) is 44.6 Å². The summed E-state index contributed by atoms with van der Waals surface area (Å²) in [5.74, 6) is 2.20. The smallest absolute Gasteiger partial charge is 0.257 e. The van der Waals surface area contributed by atoms with Crippen LogP contribution in [0.25, 0.3) is 0 Å². The maximum absolute atomic E-state index is 13.0. The zero-order valence-electron chi connectivity index (χ0n) is 15.8. The second kappa shape index (κ2) is 7.62. The van der Waals surface area contributed by atoms with Gasteiger partial charge in [-0.3, -0.25) is 4.79 Å². The van der Waals surface area contributed by atoms with Crippen LogP contribution < -0.4 is 4.74 Å². The molecule has 6 nitrogen and oxygen atoms in total. The number of amides is 1. The fourth-order valence-electron chi connectivity index (χ4n) is 4.19. The van der Waals surface area contributed by atoms with E-state index in [1.54, 1.807) is 18.2 Å². The quantitative estimate of drug-likeness (QED) is 0.877. The number of likely N-dealkylation sites (tertiary alicyclic amines) is 1. The minimum absolute atomic E-state index is 0.0846. The van der Waals surface area contributed by atoms with Crippen molar-refractivity contribution < 1.29 is 14.6 Å². The van der Waals surface area contributed by atoms with Crippen molar-refractivity contribution in [3.63, 3.8) is 0 Å². The lowest BCUT2D eigenvalue weighted by Crippen LogP contribution is -2.40. The van der Waals surface area contributed by atoms with Gasteiger partial charge < -0.3 is 19.3 Å². The van der Waals surface area contributed by atoms with Crippen molar-refractivity contribution in [3.8, 4) is 11.5 Å². The molecule has 0 bridgehead atoms. The molecular weight excluding hydrogens is 342 g/mol. The fraction of sp³-hybridized carbons (Fsp3) is 0.524. The standard InChI is InChI=1S/C21H27N3O3/c1-27-18-9-3-8-17(19(18)25)21(26)24-11-4-7-16(14-24)20-22-10-12-23(20)13-15-5-2-6-15/h3,8-10,12,15-16,25H,2,4-7,11,13-14H2,1H3/t16-/m0/s1. The molecular formula is C21H27N3O3. The van der Waals surface area contributed by atoms with Crippen LogP contribution >= 0.6 is 0 Å². The molecule has 2 aliphatic rings. The van der Waals surface area contributed by atoms with Crippen LogP contribution in [0.15, 0.2) is 30.6 Å². The van der Waals surface area contributed by atoms with Gasteiger partial charge in [0, 0.05) is 37.9 Å². The molecule has 6 heteroatoms. The van der Waals surface area contributed by atoms with E-state index in [1.165, 1.54) is 26.4 Å². The van der Waals surface area contributed by atoms with E-state index < -0.39 is 0 Å². The summed E-state index contributed by atoms with van der Waals surface area (Å²) in [4.78, 5) is 19.5. The highest BCUT2D eigenvalue weighted by atomic mass is 16.5. The Kier molecular flexibility index (Phi) is 5.05. The molecule has 0 unspecified atom stereocenters. The number of piperidine rings is 1. The first kappa shape index (κ1) is 17.9. The molecule has 1 aliphatic carbocycles. The lowest BCUT2D eigenvalue weighted by atomic mass is 9.85. The number of rotatable bonds is 5. The number of ether oxygens (including phenoxy) is 1. The monoisotopic (exact) mass is 369 g/mol. The third-order valence-electron chi connectivity index (χ3n) is 5.95. The molecule has 27 heavy (non-hydrogen) atoms. The van der Waals surface area contributed by atoms with Crippen LogP contribution in [0.3, 0.4) is 0 Å². The van der Waals surface area contributed by atoms with Gasteiger partial charge in [0.2, 0.25) is 0 Å². The lowest BCUT2D eigenvalue weighted by molar-refractivity contribution is 0.0699. The van der Waals surface area contributed by atoms with Gasteiger partial charge in [-0.2, -0.15) is 0 Å². The van der Waals surface area contributed by atoms with Crippen LogP contribution in [0.2, 0.25) is 0 Å². The summed E-state index contributed by atoms with van der Waals surface area (Å²) in [5.41, 5.74) is 0.299. The van der Waals surface area contributed by atoms with Crippen LogP contribution in [-0.4, -0.2) is 45.7 Å². The van der Waals surface area contributed by atoms with Gasteiger partial charge in [-0.05, 0) is 43.7 Å². The molecule has 4 rings (SSSR count). The SMILES string of the molecule is COc1cccc(C(=O)N2CCC[C@H](c3nccn3CC3CCC3)C2)c1O. The van der Waals surface area contributed by atoms with E-state index in [-0.39, 0.29) is 17.6 Å². The molecule has 1 saturated carbocycles. The molecule has 2 heterocycles. The Hall–Kier alpha value is -2.50. The number of nitrogens with zero attached hydrogens (tertiary/aromatic N) is 3. The van der Waals surface area contributed by atoms with Gasteiger partial charge in [-0.25, -0.2) is 4.98 Å². The zero-order chi connectivity index (χ0) is 18.8. The minimum Gasteiger partial charge on any atom is -0.504 e. The molecule has 2 aromatic rings. The first-order valence-electron chi connectivity index (χ1n) is 9.83. The zero-order valence-corrected chi connectivity index (χ0v) is 15.8. The molecule has 1 aliphatic heterocycles. The number of imidazole rings is 1. The molecule has 144 valence electrons. The highest BCUT2D eigenvalue weighted by Crippen LogP contribution is 2.34. The second-order valence-electron chi connectivity index (χ2n) is 7.68. The van der Waals surface area contributed by atoms with Crippen molar-refractivity contribution in [2.24, 2.45) is 5.92 Å². The van der Waals surface area contributed by atoms with Gasteiger partial charge in [0.05, 0.1) is 12.7 Å². The number of carbonyl (C=O) groups is 1. The van der Waals surface area contributed by atoms with Crippen LogP contribution in [0.4, 0.5) is 0 Å². The van der Waals surface area contributed by atoms with Crippen molar-refractivity contribution >= 4 is 5.91 Å². The van der Waals surface area contributed by atoms with Gasteiger partial charge in [0.15, 0.2) is 11.5 Å². The predicted octanol–water partition coefficient (Wildman–Crippen LogP) is 3.42. The van der Waals surface area contributed by atoms with Gasteiger partial charge in [-0.1, -0.05) is 12.5 Å². The lowest BCUT2D eigenvalue weighted by Gasteiger charge is -2.34. The average Bonchev–Trinajstić information content (AvgIpc) is 3.13. The number of carbonyl (C=O) groups excluding carboxylic acids is 1. The van der Waals surface area contributed by atoms with E-state index in [0.717, 1.165) is 31.1 Å². The third kappa shape index (κ3) is 3.53. The number of phenols is 1. The molecule has 1 atom stereocenters. The van der Waals surface area contributed by atoms with Crippen LogP contribution in [0.5, 0.6) is 11.5 Å². The highest BCUT2D eigenvalue weighted by Gasteiger charge is 2.30. The average molecular weight is 369 g/mol. The Morgan fingerprint density at radius 3 is 2.89 bits per heavy atom. The molecule has 1 aromatic heterocycles. The highest BCUT2D eigenvalue weighted by molar-refractivity contribution is 5.97. The van der Waals surface area contributed by atoms with Crippen molar-refractivity contribution in [3.05, 3.63) is 42.0 Å². The fourth-order valence-corrected chi connectivity index (χ4v) is 4.19. The molecule has 2 fully saturated rings. The van der Waals surface area contributed by atoms with Gasteiger partial charge in [-0.15, -0.1) is 0 Å². The molecule has 1 N–H and O–H groups in total. The van der Waals surface area contributed by atoms with Crippen molar-refractivity contribution in [1.29, 1.82) is 0 Å². The first-order valence-corrected chi connectivity index (χ1v) is 9.83. The van der Waals surface area contributed by atoms with Crippen molar-refractivity contribution in [1.82, 2.24) is 14.5 Å². The summed E-state index contributed by atoms with van der Waals surface area (Å²) < 4.78 is 7.42. The Morgan fingerprint density at radius 1 is 1.30 bits per heavy atom. The van der Waals surface area contributed by atoms with E-state index in [4.69, 9.17) is 4.74 Å². The number of hydrogen-bond donors (Lipinski definition) is 1. The number of benzene rings is 1. The normalized spacial score (nSPS) is 20.3. The Balaban J connectivity index is 1.50. The van der Waals surface area contributed by atoms with E-state index in [1.807, 2.05) is 11.1 Å². The summed E-state index contributed by atoms with van der Waals surface area (Å²) in [6.07, 6.45) is 9.88. The Morgan fingerprint density at radius 2 is 2.15 bits per heavy atom. The largest absolute Gasteiger partial charge is 0.504 e. The summed E-state index contributed by atoms with van der Waals surface area (Å²) in [6, 6.07) is 5.04. The number of aromatic nitrogens is 2. The first-order chi connectivity index (χ1) is 13.2. The molecule has 0 radical (unpaired) electrons. The number of para-hydroxylation sites is 1. The predicted molar refractivity (Wildman–Crippen MR) is 102 cm³/mol. The third-order valence-corrected chi connectivity index (χ3v) is 5.95. The summed E-state index contributed by atoms with van der Waals surface area (Å²) in [5, 5.41) is 10.3. The van der Waals surface area contributed by atoms with E-state index in [2.05, 4.69) is 15.7 Å². The van der Waals surface area contributed by atoms with Gasteiger partial charge in [0.25, 0.3) is 5.91 Å². The number of phenolic OH excluding ortho intramolecular Hbond substituents is 1. The number of aromatic hydroxyl groups is 1. The van der Waals surface area contributed by atoms with E-state index in [9.17, 15) is 9.90 Å². The number of hydrogen-bond acceptors (Lipinski definition) is 4. The van der Waals surface area contributed by atoms with E-state index in [0.29, 0.717) is 24.4 Å². The van der Waals surface area contributed by atoms with Crippen LogP contribution in [-0.2, 0) is 6.54 Å². The second-order valence-corrected chi connectivity index (χ2v) is 7.68. The Bertz CT molecular complexity index is 813. The molecule has 1 amide bonds. The molecule has 0 spiro atoms. The maximum Gasteiger partial charge on any atom is 0.257 e. The number of methoxy groups -OCH3 is 1. The topological polar surface area (TPSA) is 67.6 Å². The maximum atomic E-state index is 13.0. The van der Waals surface area contributed by atoms with Crippen molar-refractivity contribution in [2.75, 3.05) is 20.2 Å². The summed E-state index contributed by atoms with van der Waals surface area (Å²) in [6.45, 7) is 2.38. The van der Waals surface area contributed by atoms with Crippen LogP contribution in [0, 0.1) is 5.92 Å². The molecule has 1 aromatic carbocycles. The summed E-state index contributed by atoms with van der Waals surface area (Å²) in [7, 11) is 1.49. The summed E-state index contributed by atoms with van der Waals surface area (Å²) >= 11 is 0. The Labute approximate surface area is 159 Å². The van der Waals surface area contributed by atoms with Gasteiger partial charge in [0.1, 0.15) is 5.82 Å².